The van der Waals surface area contributed by atoms with Crippen LogP contribution in [0, 0.1) is 0 Å². The topological polar surface area (TPSA) is 26.3 Å². The molecule has 0 spiro atoms. The van der Waals surface area contributed by atoms with Gasteiger partial charge in [-0.25, -0.2) is 0 Å². The predicted octanol–water partition coefficient (Wildman–Crippen LogP) is 4.98. The second kappa shape index (κ2) is 5.58. The maximum atomic E-state index is 11.1. The molecule has 0 amide bonds. The highest BCUT2D eigenvalue weighted by molar-refractivity contribution is 6.33. The molecule has 0 aliphatic heterocycles. The molecule has 0 saturated carbocycles. The number of hydrogen-bond donors (Lipinski definition) is 0. The van der Waals surface area contributed by atoms with Crippen molar-refractivity contribution in [2.45, 2.75) is 0 Å². The van der Waals surface area contributed by atoms with Gasteiger partial charge in [-0.3, -0.25) is 4.79 Å². The van der Waals surface area contributed by atoms with Crippen LogP contribution >= 0.6 is 11.6 Å². The number of carbonyl (C=O) groups excluding carboxylic acids is 1. The SMILES string of the molecule is COc1ccc(-c2ccc(Cl)c(C=O)c2)c2ccccc12. The summed E-state index contributed by atoms with van der Waals surface area (Å²) in [4.78, 5) is 11.1. The number of hydrogen-bond acceptors (Lipinski definition) is 2. The third-order valence-corrected chi connectivity index (χ3v) is 3.88. The van der Waals surface area contributed by atoms with Gasteiger partial charge in [0.15, 0.2) is 6.29 Å². The van der Waals surface area contributed by atoms with E-state index < -0.39 is 0 Å². The molecule has 3 aromatic carbocycles. The van der Waals surface area contributed by atoms with Gasteiger partial charge < -0.3 is 4.74 Å². The normalized spacial score (nSPS) is 10.6. The van der Waals surface area contributed by atoms with Gasteiger partial charge in [0, 0.05) is 10.9 Å². The van der Waals surface area contributed by atoms with Crippen molar-refractivity contribution in [2.24, 2.45) is 0 Å². The van der Waals surface area contributed by atoms with Gasteiger partial charge in [0.25, 0.3) is 0 Å². The Morgan fingerprint density at radius 1 is 1.00 bits per heavy atom. The van der Waals surface area contributed by atoms with Gasteiger partial charge >= 0.3 is 0 Å². The van der Waals surface area contributed by atoms with Crippen LogP contribution < -0.4 is 4.74 Å². The Hall–Kier alpha value is -2.32. The number of carbonyl (C=O) groups is 1. The van der Waals surface area contributed by atoms with E-state index in [0.29, 0.717) is 10.6 Å². The highest BCUT2D eigenvalue weighted by Gasteiger charge is 2.09. The summed E-state index contributed by atoms with van der Waals surface area (Å²) < 4.78 is 5.41. The summed E-state index contributed by atoms with van der Waals surface area (Å²) in [5.74, 6) is 0.832. The van der Waals surface area contributed by atoms with E-state index in [1.807, 2.05) is 48.5 Å². The minimum absolute atomic E-state index is 0.464. The van der Waals surface area contributed by atoms with Gasteiger partial charge in [-0.1, -0.05) is 48.0 Å². The maximum Gasteiger partial charge on any atom is 0.151 e. The fourth-order valence-corrected chi connectivity index (χ4v) is 2.66. The van der Waals surface area contributed by atoms with E-state index in [1.54, 1.807) is 13.2 Å². The Kier molecular flexibility index (Phi) is 3.63. The Morgan fingerprint density at radius 2 is 1.76 bits per heavy atom. The monoisotopic (exact) mass is 296 g/mol. The lowest BCUT2D eigenvalue weighted by Gasteiger charge is -2.11. The largest absolute Gasteiger partial charge is 0.496 e. The minimum atomic E-state index is 0.464. The van der Waals surface area contributed by atoms with Crippen LogP contribution in [0.2, 0.25) is 5.02 Å². The first-order valence-corrected chi connectivity index (χ1v) is 6.93. The number of benzene rings is 3. The zero-order valence-electron chi connectivity index (χ0n) is 11.5. The second-order valence-corrected chi connectivity index (χ2v) is 5.12. The molecule has 0 heterocycles. The van der Waals surface area contributed by atoms with Crippen LogP contribution in [0.1, 0.15) is 10.4 Å². The molecule has 0 aliphatic carbocycles. The van der Waals surface area contributed by atoms with Crippen LogP contribution in [0.25, 0.3) is 21.9 Å². The Bertz CT molecular complexity index is 825. The first kappa shape index (κ1) is 13.7. The predicted molar refractivity (Wildman–Crippen MR) is 86.3 cm³/mol. The quantitative estimate of drug-likeness (QED) is 0.637. The molecule has 0 N–H and O–H groups in total. The summed E-state index contributed by atoms with van der Waals surface area (Å²) in [6.07, 6.45) is 0.775. The first-order valence-electron chi connectivity index (χ1n) is 6.55. The molecule has 3 rings (SSSR count). The lowest BCUT2D eigenvalue weighted by Crippen LogP contribution is -1.89. The first-order chi connectivity index (χ1) is 10.2. The summed E-state index contributed by atoms with van der Waals surface area (Å²) >= 11 is 6.00. The van der Waals surface area contributed by atoms with Gasteiger partial charge in [-0.2, -0.15) is 0 Å². The van der Waals surface area contributed by atoms with Crippen LogP contribution in [0.5, 0.6) is 5.75 Å². The van der Waals surface area contributed by atoms with Gasteiger partial charge in [-0.15, -0.1) is 0 Å². The third-order valence-electron chi connectivity index (χ3n) is 3.54. The van der Waals surface area contributed by atoms with Crippen molar-refractivity contribution in [1.82, 2.24) is 0 Å². The lowest BCUT2D eigenvalue weighted by molar-refractivity contribution is 0.112. The van der Waals surface area contributed by atoms with Crippen molar-refractivity contribution in [3.05, 3.63) is 65.2 Å². The van der Waals surface area contributed by atoms with E-state index in [-0.39, 0.29) is 0 Å². The van der Waals surface area contributed by atoms with Gasteiger partial charge in [0.05, 0.1) is 12.1 Å². The molecule has 0 radical (unpaired) electrons. The van der Waals surface area contributed by atoms with Crippen molar-refractivity contribution in [3.63, 3.8) is 0 Å². The molecule has 0 fully saturated rings. The molecule has 0 aromatic heterocycles. The third kappa shape index (κ3) is 2.39. The molecule has 21 heavy (non-hydrogen) atoms. The van der Waals surface area contributed by atoms with Gasteiger partial charge in [0.2, 0.25) is 0 Å². The summed E-state index contributed by atoms with van der Waals surface area (Å²) in [5.41, 5.74) is 2.50. The summed E-state index contributed by atoms with van der Waals surface area (Å²) in [7, 11) is 1.66. The summed E-state index contributed by atoms with van der Waals surface area (Å²) in [5, 5.41) is 2.59. The van der Waals surface area contributed by atoms with Crippen molar-refractivity contribution in [2.75, 3.05) is 7.11 Å². The van der Waals surface area contributed by atoms with Crippen molar-refractivity contribution in [1.29, 1.82) is 0 Å². The van der Waals surface area contributed by atoms with E-state index >= 15 is 0 Å². The lowest BCUT2D eigenvalue weighted by atomic mass is 9.96. The molecule has 2 nitrogen and oxygen atoms in total. The number of halogens is 1. The molecular weight excluding hydrogens is 284 g/mol. The molecular formula is C18H13ClO2. The van der Waals surface area contributed by atoms with E-state index in [4.69, 9.17) is 16.3 Å². The van der Waals surface area contributed by atoms with E-state index in [2.05, 4.69) is 0 Å². The molecule has 104 valence electrons. The fraction of sp³-hybridized carbons (Fsp3) is 0.0556. The molecule has 0 bridgehead atoms. The minimum Gasteiger partial charge on any atom is -0.496 e. The van der Waals surface area contributed by atoms with E-state index in [0.717, 1.165) is 33.9 Å². The second-order valence-electron chi connectivity index (χ2n) is 4.72. The summed E-state index contributed by atoms with van der Waals surface area (Å²) in [6.45, 7) is 0. The molecule has 0 aliphatic rings. The number of rotatable bonds is 3. The van der Waals surface area contributed by atoms with Crippen LogP contribution in [-0.2, 0) is 0 Å². The van der Waals surface area contributed by atoms with Crippen molar-refractivity contribution in [3.8, 4) is 16.9 Å². The molecule has 0 atom stereocenters. The Labute approximate surface area is 127 Å². The Morgan fingerprint density at radius 3 is 2.48 bits per heavy atom. The zero-order valence-corrected chi connectivity index (χ0v) is 12.2. The highest BCUT2D eigenvalue weighted by Crippen LogP contribution is 2.35. The smallest absolute Gasteiger partial charge is 0.151 e. The zero-order chi connectivity index (χ0) is 14.8. The van der Waals surface area contributed by atoms with Gasteiger partial charge in [-0.05, 0) is 34.7 Å². The summed E-state index contributed by atoms with van der Waals surface area (Å²) in [6, 6.07) is 17.4. The van der Waals surface area contributed by atoms with Gasteiger partial charge in [0.1, 0.15) is 5.75 Å². The van der Waals surface area contributed by atoms with Crippen LogP contribution in [0.3, 0.4) is 0 Å². The highest BCUT2D eigenvalue weighted by atomic mass is 35.5. The van der Waals surface area contributed by atoms with Crippen LogP contribution in [0.15, 0.2) is 54.6 Å². The number of methoxy groups -OCH3 is 1. The molecule has 3 aromatic rings. The van der Waals surface area contributed by atoms with E-state index in [9.17, 15) is 4.79 Å². The van der Waals surface area contributed by atoms with Crippen LogP contribution in [-0.4, -0.2) is 13.4 Å². The molecule has 0 saturated heterocycles. The number of fused-ring (bicyclic) bond motifs is 1. The Balaban J connectivity index is 2.28. The number of ether oxygens (including phenoxy) is 1. The average molecular weight is 297 g/mol. The molecule has 3 heteroatoms. The van der Waals surface area contributed by atoms with Crippen molar-refractivity contribution >= 4 is 28.7 Å². The van der Waals surface area contributed by atoms with Crippen LogP contribution in [0.4, 0.5) is 0 Å². The molecule has 0 unspecified atom stereocenters. The fourth-order valence-electron chi connectivity index (χ4n) is 2.50. The average Bonchev–Trinajstić information content (AvgIpc) is 2.54. The van der Waals surface area contributed by atoms with E-state index in [1.165, 1.54) is 0 Å². The maximum absolute atomic E-state index is 11.1. The number of aldehydes is 1. The standard InChI is InChI=1S/C18H13ClO2/c1-21-18-9-7-14(15-4-2-3-5-16(15)18)12-6-8-17(19)13(10-12)11-20/h2-11H,1H3. The van der Waals surface area contributed by atoms with Crippen molar-refractivity contribution < 1.29 is 9.53 Å².